The van der Waals surface area contributed by atoms with Gasteiger partial charge in [-0.25, -0.2) is 4.79 Å². The van der Waals surface area contributed by atoms with E-state index in [-0.39, 0.29) is 12.5 Å². The van der Waals surface area contributed by atoms with E-state index in [1.807, 2.05) is 25.1 Å². The third kappa shape index (κ3) is 4.82. The van der Waals surface area contributed by atoms with E-state index in [4.69, 9.17) is 10.5 Å². The van der Waals surface area contributed by atoms with E-state index in [0.29, 0.717) is 17.1 Å². The first-order chi connectivity index (χ1) is 10.5. The highest BCUT2D eigenvalue weighted by Crippen LogP contribution is 2.14. The Balaban J connectivity index is 1.85. The summed E-state index contributed by atoms with van der Waals surface area (Å²) in [5.41, 5.74) is 7.24. The Morgan fingerprint density at radius 2 is 1.68 bits per heavy atom. The van der Waals surface area contributed by atoms with Crippen LogP contribution in [-0.4, -0.2) is 18.5 Å². The van der Waals surface area contributed by atoms with Crippen molar-refractivity contribution in [1.29, 1.82) is 0 Å². The first-order valence-electron chi connectivity index (χ1n) is 6.69. The summed E-state index contributed by atoms with van der Waals surface area (Å²) in [7, 11) is 0. The molecule has 0 aliphatic carbocycles. The van der Waals surface area contributed by atoms with Crippen molar-refractivity contribution in [2.45, 2.75) is 6.92 Å². The summed E-state index contributed by atoms with van der Waals surface area (Å²) in [5, 5.41) is 5.14. The fraction of sp³-hybridized carbons (Fsp3) is 0.125. The minimum absolute atomic E-state index is 0.0786. The molecule has 2 rings (SSSR count). The molecule has 6 heteroatoms. The lowest BCUT2D eigenvalue weighted by molar-refractivity contribution is -0.118. The fourth-order valence-electron chi connectivity index (χ4n) is 1.83. The summed E-state index contributed by atoms with van der Waals surface area (Å²) in [6.45, 7) is 1.87. The number of benzene rings is 2. The Labute approximate surface area is 128 Å². The molecular formula is C16H17N3O3. The number of hydrogen-bond donors (Lipinski definition) is 3. The second-order valence-corrected chi connectivity index (χ2v) is 4.72. The summed E-state index contributed by atoms with van der Waals surface area (Å²) >= 11 is 0. The third-order valence-corrected chi connectivity index (χ3v) is 2.80. The maximum atomic E-state index is 11.8. The number of aryl methyl sites for hydroxylation is 1. The number of carbonyl (C=O) groups excluding carboxylic acids is 2. The minimum atomic E-state index is -0.636. The van der Waals surface area contributed by atoms with Crippen LogP contribution in [0.1, 0.15) is 5.56 Å². The molecule has 0 radical (unpaired) electrons. The van der Waals surface area contributed by atoms with Crippen molar-refractivity contribution < 1.29 is 14.3 Å². The minimum Gasteiger partial charge on any atom is -0.484 e. The van der Waals surface area contributed by atoms with Gasteiger partial charge < -0.3 is 21.1 Å². The summed E-state index contributed by atoms with van der Waals surface area (Å²) in [6.07, 6.45) is 0. The van der Waals surface area contributed by atoms with E-state index in [2.05, 4.69) is 10.6 Å². The van der Waals surface area contributed by atoms with Gasteiger partial charge in [-0.2, -0.15) is 0 Å². The highest BCUT2D eigenvalue weighted by atomic mass is 16.5. The molecule has 3 amide bonds. The first kappa shape index (κ1) is 15.4. The number of urea groups is 1. The molecule has 4 N–H and O–H groups in total. The average Bonchev–Trinajstić information content (AvgIpc) is 2.47. The van der Waals surface area contributed by atoms with Crippen LogP contribution in [-0.2, 0) is 4.79 Å². The van der Waals surface area contributed by atoms with Gasteiger partial charge in [-0.15, -0.1) is 0 Å². The molecule has 0 unspecified atom stereocenters. The normalized spacial score (nSPS) is 9.86. The van der Waals surface area contributed by atoms with Gasteiger partial charge in [0.05, 0.1) is 0 Å². The van der Waals surface area contributed by atoms with Crippen LogP contribution in [0.4, 0.5) is 16.2 Å². The highest BCUT2D eigenvalue weighted by Gasteiger charge is 2.04. The standard InChI is InChI=1S/C16H17N3O3/c1-11-3-2-4-14(9-11)22-10-15(20)18-12-5-7-13(8-6-12)19-16(17)21/h2-9H,10H2,1H3,(H,18,20)(H3,17,19,21). The van der Waals surface area contributed by atoms with Crippen LogP contribution < -0.4 is 21.1 Å². The van der Waals surface area contributed by atoms with Gasteiger partial charge >= 0.3 is 6.03 Å². The molecule has 0 aliphatic rings. The molecule has 114 valence electrons. The number of hydrogen-bond acceptors (Lipinski definition) is 3. The monoisotopic (exact) mass is 299 g/mol. The molecule has 0 saturated heterocycles. The van der Waals surface area contributed by atoms with Crippen molar-refractivity contribution >= 4 is 23.3 Å². The van der Waals surface area contributed by atoms with Crippen molar-refractivity contribution in [2.24, 2.45) is 5.73 Å². The Morgan fingerprint density at radius 1 is 1.05 bits per heavy atom. The molecule has 0 saturated carbocycles. The number of anilines is 2. The number of rotatable bonds is 5. The topological polar surface area (TPSA) is 93.4 Å². The molecule has 0 bridgehead atoms. The van der Waals surface area contributed by atoms with Gasteiger partial charge in [0.2, 0.25) is 0 Å². The van der Waals surface area contributed by atoms with Gasteiger partial charge in [-0.05, 0) is 48.9 Å². The zero-order chi connectivity index (χ0) is 15.9. The van der Waals surface area contributed by atoms with Crippen LogP contribution in [0.25, 0.3) is 0 Å². The molecule has 2 aromatic rings. The van der Waals surface area contributed by atoms with Crippen LogP contribution in [0.3, 0.4) is 0 Å². The molecular weight excluding hydrogens is 282 g/mol. The molecule has 2 aromatic carbocycles. The van der Waals surface area contributed by atoms with Crippen molar-refractivity contribution in [3.05, 3.63) is 54.1 Å². The molecule has 0 atom stereocenters. The summed E-state index contributed by atoms with van der Waals surface area (Å²) in [5.74, 6) is 0.383. The van der Waals surface area contributed by atoms with Crippen molar-refractivity contribution in [3.8, 4) is 5.75 Å². The van der Waals surface area contributed by atoms with Crippen LogP contribution in [0, 0.1) is 6.92 Å². The van der Waals surface area contributed by atoms with Crippen LogP contribution >= 0.6 is 0 Å². The Hall–Kier alpha value is -3.02. The average molecular weight is 299 g/mol. The van der Waals surface area contributed by atoms with Gasteiger partial charge in [-0.1, -0.05) is 12.1 Å². The molecule has 6 nitrogen and oxygen atoms in total. The maximum Gasteiger partial charge on any atom is 0.316 e. The third-order valence-electron chi connectivity index (χ3n) is 2.80. The molecule has 22 heavy (non-hydrogen) atoms. The number of carbonyl (C=O) groups is 2. The number of ether oxygens (including phenoxy) is 1. The number of nitrogens with two attached hydrogens (primary N) is 1. The van der Waals surface area contributed by atoms with E-state index in [9.17, 15) is 9.59 Å². The lowest BCUT2D eigenvalue weighted by Crippen LogP contribution is -2.20. The summed E-state index contributed by atoms with van der Waals surface area (Å²) < 4.78 is 5.41. The van der Waals surface area contributed by atoms with E-state index in [1.54, 1.807) is 30.3 Å². The Bertz CT molecular complexity index is 669. The molecule has 0 fully saturated rings. The molecule has 0 aliphatic heterocycles. The second kappa shape index (κ2) is 7.12. The van der Waals surface area contributed by atoms with E-state index >= 15 is 0 Å². The smallest absolute Gasteiger partial charge is 0.316 e. The van der Waals surface area contributed by atoms with Crippen LogP contribution in [0.5, 0.6) is 5.75 Å². The van der Waals surface area contributed by atoms with Gasteiger partial charge in [0.1, 0.15) is 5.75 Å². The van der Waals surface area contributed by atoms with Crippen LogP contribution in [0.2, 0.25) is 0 Å². The second-order valence-electron chi connectivity index (χ2n) is 4.72. The van der Waals surface area contributed by atoms with Crippen molar-refractivity contribution in [3.63, 3.8) is 0 Å². The van der Waals surface area contributed by atoms with E-state index in [0.717, 1.165) is 5.56 Å². The zero-order valence-corrected chi connectivity index (χ0v) is 12.1. The van der Waals surface area contributed by atoms with Gasteiger partial charge in [-0.3, -0.25) is 4.79 Å². The van der Waals surface area contributed by atoms with Gasteiger partial charge in [0.25, 0.3) is 5.91 Å². The maximum absolute atomic E-state index is 11.8. The van der Waals surface area contributed by atoms with Gasteiger partial charge in [0, 0.05) is 11.4 Å². The van der Waals surface area contributed by atoms with Crippen LogP contribution in [0.15, 0.2) is 48.5 Å². The number of amides is 3. The predicted octanol–water partition coefficient (Wildman–Crippen LogP) is 2.50. The summed E-state index contributed by atoms with van der Waals surface area (Å²) in [4.78, 5) is 22.5. The predicted molar refractivity (Wildman–Crippen MR) is 85.0 cm³/mol. The number of primary amides is 1. The summed E-state index contributed by atoms with van der Waals surface area (Å²) in [6, 6.07) is 13.4. The largest absolute Gasteiger partial charge is 0.484 e. The first-order valence-corrected chi connectivity index (χ1v) is 6.69. The Kier molecular flexibility index (Phi) is 4.98. The Morgan fingerprint density at radius 3 is 2.27 bits per heavy atom. The number of nitrogens with one attached hydrogen (secondary N) is 2. The quantitative estimate of drug-likeness (QED) is 0.791. The van der Waals surface area contributed by atoms with Gasteiger partial charge in [0.15, 0.2) is 6.61 Å². The fourth-order valence-corrected chi connectivity index (χ4v) is 1.83. The molecule has 0 heterocycles. The van der Waals surface area contributed by atoms with Crippen molar-refractivity contribution in [1.82, 2.24) is 0 Å². The zero-order valence-electron chi connectivity index (χ0n) is 12.1. The molecule has 0 aromatic heterocycles. The SMILES string of the molecule is Cc1cccc(OCC(=O)Nc2ccc(NC(N)=O)cc2)c1. The lowest BCUT2D eigenvalue weighted by atomic mass is 10.2. The van der Waals surface area contributed by atoms with E-state index < -0.39 is 6.03 Å². The van der Waals surface area contributed by atoms with Crippen molar-refractivity contribution in [2.75, 3.05) is 17.2 Å². The van der Waals surface area contributed by atoms with E-state index in [1.165, 1.54) is 0 Å². The lowest BCUT2D eigenvalue weighted by Gasteiger charge is -2.08. The highest BCUT2D eigenvalue weighted by molar-refractivity contribution is 5.92. The molecule has 0 spiro atoms.